The average Bonchev–Trinajstić information content (AvgIpc) is 2.93. The Bertz CT molecular complexity index is 490. The van der Waals surface area contributed by atoms with Gasteiger partial charge in [-0.15, -0.1) is 0 Å². The molecule has 3 nitrogen and oxygen atoms in total. The Morgan fingerprint density at radius 3 is 1.13 bits per heavy atom. The van der Waals surface area contributed by atoms with Gasteiger partial charge in [0.15, 0.2) is 0 Å². The number of esters is 1. The van der Waals surface area contributed by atoms with Gasteiger partial charge in [0.1, 0.15) is 6.10 Å². The SMILES string of the molecule is CCCCCCCCCCCCCCCCCCCCC(=O)OC(C[C]=O)CCCCCCCCCCCC. The highest BCUT2D eigenvalue weighted by molar-refractivity contribution is 5.69. The molecule has 0 N–H and O–H groups in total. The Balaban J connectivity index is 3.46. The van der Waals surface area contributed by atoms with Crippen LogP contribution in [0.15, 0.2) is 0 Å². The normalized spacial score (nSPS) is 12.1. The number of ether oxygens (including phenoxy) is 1. The van der Waals surface area contributed by atoms with E-state index in [2.05, 4.69) is 13.8 Å². The quantitative estimate of drug-likeness (QED) is 0.0604. The Morgan fingerprint density at radius 2 is 0.795 bits per heavy atom. The van der Waals surface area contributed by atoms with Crippen LogP contribution < -0.4 is 0 Å². The minimum absolute atomic E-state index is 0.126. The Hall–Kier alpha value is -0.860. The molecule has 0 saturated carbocycles. The zero-order valence-electron chi connectivity index (χ0n) is 26.7. The molecule has 0 heterocycles. The number of rotatable bonds is 33. The molecule has 1 radical (unpaired) electrons. The molecule has 0 saturated heterocycles. The van der Waals surface area contributed by atoms with Gasteiger partial charge >= 0.3 is 5.97 Å². The maximum atomic E-state index is 12.2. The zero-order chi connectivity index (χ0) is 28.5. The second kappa shape index (κ2) is 33.3. The topological polar surface area (TPSA) is 43.4 Å². The molecule has 0 aliphatic rings. The third kappa shape index (κ3) is 31.5. The largest absolute Gasteiger partial charge is 0.462 e. The highest BCUT2D eigenvalue weighted by Crippen LogP contribution is 2.17. The van der Waals surface area contributed by atoms with Gasteiger partial charge < -0.3 is 4.74 Å². The smallest absolute Gasteiger partial charge is 0.306 e. The molecule has 0 fully saturated rings. The first-order valence-electron chi connectivity index (χ1n) is 17.8. The molecular formula is C36H69O3. The van der Waals surface area contributed by atoms with Crippen LogP contribution in [0.2, 0.25) is 0 Å². The molecule has 0 spiro atoms. The van der Waals surface area contributed by atoms with E-state index >= 15 is 0 Å². The zero-order valence-corrected chi connectivity index (χ0v) is 26.7. The van der Waals surface area contributed by atoms with Crippen LogP contribution in [0.3, 0.4) is 0 Å². The van der Waals surface area contributed by atoms with Gasteiger partial charge in [0.2, 0.25) is 6.29 Å². The van der Waals surface area contributed by atoms with Crippen LogP contribution in [0.25, 0.3) is 0 Å². The van der Waals surface area contributed by atoms with Crippen molar-refractivity contribution in [3.63, 3.8) is 0 Å². The lowest BCUT2D eigenvalue weighted by Crippen LogP contribution is -2.18. The first kappa shape index (κ1) is 38.1. The third-order valence-corrected chi connectivity index (χ3v) is 8.22. The van der Waals surface area contributed by atoms with Gasteiger partial charge in [-0.3, -0.25) is 9.59 Å². The van der Waals surface area contributed by atoms with Crippen molar-refractivity contribution >= 4 is 12.3 Å². The predicted octanol–water partition coefficient (Wildman–Crippen LogP) is 12.1. The van der Waals surface area contributed by atoms with Crippen molar-refractivity contribution in [2.75, 3.05) is 0 Å². The Labute approximate surface area is 245 Å². The van der Waals surface area contributed by atoms with Gasteiger partial charge in [-0.25, -0.2) is 0 Å². The summed E-state index contributed by atoms with van der Waals surface area (Å²) in [6.07, 6.45) is 40.3. The van der Waals surface area contributed by atoms with Crippen molar-refractivity contribution in [3.05, 3.63) is 0 Å². The standard InChI is InChI=1S/C36H69O3/c1-3-5-7-9-11-13-15-16-17-18-19-20-21-22-24-26-28-30-32-36(38)39-35(33-34-37)31-29-27-25-23-14-12-10-8-6-4-2/h35H,3-33H2,1-2H3. The van der Waals surface area contributed by atoms with E-state index in [-0.39, 0.29) is 18.5 Å². The molecule has 0 amide bonds. The minimum Gasteiger partial charge on any atom is -0.462 e. The van der Waals surface area contributed by atoms with Crippen LogP contribution in [0, 0.1) is 0 Å². The predicted molar refractivity (Wildman–Crippen MR) is 170 cm³/mol. The molecule has 231 valence electrons. The molecule has 39 heavy (non-hydrogen) atoms. The van der Waals surface area contributed by atoms with Crippen molar-refractivity contribution in [1.82, 2.24) is 0 Å². The van der Waals surface area contributed by atoms with Crippen LogP contribution in [0.4, 0.5) is 0 Å². The fourth-order valence-electron chi connectivity index (χ4n) is 5.57. The lowest BCUT2D eigenvalue weighted by molar-refractivity contribution is -0.149. The second-order valence-corrected chi connectivity index (χ2v) is 12.2. The van der Waals surface area contributed by atoms with E-state index < -0.39 is 0 Å². The van der Waals surface area contributed by atoms with Crippen molar-refractivity contribution in [1.29, 1.82) is 0 Å². The maximum absolute atomic E-state index is 12.2. The minimum atomic E-state index is -0.264. The van der Waals surface area contributed by atoms with Crippen molar-refractivity contribution < 1.29 is 14.3 Å². The van der Waals surface area contributed by atoms with Crippen molar-refractivity contribution in [3.8, 4) is 0 Å². The number of unbranched alkanes of at least 4 members (excludes halogenated alkanes) is 26. The fraction of sp³-hybridized carbons (Fsp3) is 0.944. The van der Waals surface area contributed by atoms with Crippen LogP contribution in [0.1, 0.15) is 213 Å². The summed E-state index contributed by atoms with van der Waals surface area (Å²) < 4.78 is 5.61. The first-order valence-corrected chi connectivity index (χ1v) is 17.8. The summed E-state index contributed by atoms with van der Waals surface area (Å²) in [4.78, 5) is 23.1. The summed E-state index contributed by atoms with van der Waals surface area (Å²) in [7, 11) is 0. The van der Waals surface area contributed by atoms with E-state index in [0.717, 1.165) is 25.7 Å². The van der Waals surface area contributed by atoms with Gasteiger partial charge in [-0.1, -0.05) is 181 Å². The molecule has 0 aromatic carbocycles. The van der Waals surface area contributed by atoms with Gasteiger partial charge in [0.05, 0.1) is 6.42 Å². The molecule has 3 heteroatoms. The molecule has 0 rings (SSSR count). The molecule has 0 aromatic heterocycles. The average molecular weight is 550 g/mol. The molecule has 0 aliphatic heterocycles. The van der Waals surface area contributed by atoms with Gasteiger partial charge in [-0.05, 0) is 19.3 Å². The van der Waals surface area contributed by atoms with Gasteiger partial charge in [0, 0.05) is 6.42 Å². The van der Waals surface area contributed by atoms with E-state index in [0.29, 0.717) is 6.42 Å². The summed E-state index contributed by atoms with van der Waals surface area (Å²) in [5.41, 5.74) is 0. The van der Waals surface area contributed by atoms with Crippen LogP contribution >= 0.6 is 0 Å². The molecule has 0 aromatic rings. The fourth-order valence-corrected chi connectivity index (χ4v) is 5.57. The van der Waals surface area contributed by atoms with E-state index in [9.17, 15) is 9.59 Å². The van der Waals surface area contributed by atoms with Crippen molar-refractivity contribution in [2.45, 2.75) is 219 Å². The molecule has 1 atom stereocenters. The lowest BCUT2D eigenvalue weighted by Gasteiger charge is -2.15. The van der Waals surface area contributed by atoms with Crippen LogP contribution in [-0.2, 0) is 14.3 Å². The number of carbonyl (C=O) groups excluding carboxylic acids is 2. The number of hydrogen-bond donors (Lipinski definition) is 0. The summed E-state index contributed by atoms with van der Waals surface area (Å²) in [5.74, 6) is -0.126. The highest BCUT2D eigenvalue weighted by atomic mass is 16.5. The highest BCUT2D eigenvalue weighted by Gasteiger charge is 2.14. The van der Waals surface area contributed by atoms with Gasteiger partial charge in [-0.2, -0.15) is 0 Å². The van der Waals surface area contributed by atoms with E-state index in [1.54, 1.807) is 0 Å². The number of hydrogen-bond acceptors (Lipinski definition) is 3. The van der Waals surface area contributed by atoms with Gasteiger partial charge in [0.25, 0.3) is 0 Å². The van der Waals surface area contributed by atoms with E-state index in [1.165, 1.54) is 161 Å². The summed E-state index contributed by atoms with van der Waals surface area (Å²) in [6, 6.07) is 0. The first-order chi connectivity index (χ1) is 19.2. The van der Waals surface area contributed by atoms with Crippen LogP contribution in [0.5, 0.6) is 0 Å². The number of carbonyl (C=O) groups is 1. The summed E-state index contributed by atoms with van der Waals surface area (Å²) >= 11 is 0. The second-order valence-electron chi connectivity index (χ2n) is 12.2. The lowest BCUT2D eigenvalue weighted by atomic mass is 10.0. The Kier molecular flexibility index (Phi) is 32.6. The monoisotopic (exact) mass is 550 g/mol. The molecular weight excluding hydrogens is 480 g/mol. The third-order valence-electron chi connectivity index (χ3n) is 8.22. The molecule has 0 aliphatic carbocycles. The van der Waals surface area contributed by atoms with E-state index in [1.807, 2.05) is 6.29 Å². The molecule has 0 bridgehead atoms. The maximum Gasteiger partial charge on any atom is 0.306 e. The van der Waals surface area contributed by atoms with Crippen molar-refractivity contribution in [2.24, 2.45) is 0 Å². The summed E-state index contributed by atoms with van der Waals surface area (Å²) in [5, 5.41) is 0. The summed E-state index contributed by atoms with van der Waals surface area (Å²) in [6.45, 7) is 4.55. The molecule has 1 unspecified atom stereocenters. The van der Waals surface area contributed by atoms with E-state index in [4.69, 9.17) is 4.74 Å². The Morgan fingerprint density at radius 1 is 0.487 bits per heavy atom. The van der Waals surface area contributed by atoms with Crippen LogP contribution in [-0.4, -0.2) is 18.4 Å².